The van der Waals surface area contributed by atoms with Crippen LogP contribution in [0, 0.1) is 9.54 Å². The molecular weight excluding hydrogens is 1460 g/mol. The second kappa shape index (κ2) is 41.2. The van der Waals surface area contributed by atoms with Gasteiger partial charge in [0.05, 0.1) is 24.4 Å². The number of nitrogens with zero attached hydrogens (tertiary/aromatic N) is 4. The topological polar surface area (TPSA) is 432 Å². The zero-order valence-electron chi connectivity index (χ0n) is 62.6. The van der Waals surface area contributed by atoms with Crippen molar-refractivity contribution in [3.63, 3.8) is 0 Å². The van der Waals surface area contributed by atoms with Crippen LogP contribution in [-0.2, 0) is 45.1 Å². The van der Waals surface area contributed by atoms with Crippen molar-refractivity contribution in [2.24, 2.45) is 0 Å². The highest BCUT2D eigenvalue weighted by molar-refractivity contribution is 7.73. The number of hydrogen-bond donors (Lipinski definition) is 16. The summed E-state index contributed by atoms with van der Waals surface area (Å²) in [4.78, 5) is 82.2. The Morgan fingerprint density at radius 1 is 0.365 bits per heavy atom. The van der Waals surface area contributed by atoms with Crippen molar-refractivity contribution in [3.8, 4) is 0 Å². The van der Waals surface area contributed by atoms with Gasteiger partial charge in [0.2, 0.25) is 0 Å². The van der Waals surface area contributed by atoms with Crippen LogP contribution in [0.15, 0.2) is 53.6 Å². The van der Waals surface area contributed by atoms with Gasteiger partial charge in [-0.2, -0.15) is 0 Å². The Bertz CT molecular complexity index is 3600. The first kappa shape index (κ1) is 90.7. The van der Waals surface area contributed by atoms with Crippen LogP contribution in [0.2, 0.25) is 0 Å². The van der Waals surface area contributed by atoms with Crippen molar-refractivity contribution in [3.05, 3.63) is 119 Å². The van der Waals surface area contributed by atoms with Crippen molar-refractivity contribution in [1.82, 2.24) is 59.5 Å². The predicted molar refractivity (Wildman–Crippen MR) is 428 cm³/mol. The van der Waals surface area contributed by atoms with Crippen molar-refractivity contribution >= 4 is 77.2 Å². The van der Waals surface area contributed by atoms with E-state index in [2.05, 4.69) is 120 Å². The highest BCUT2D eigenvalue weighted by atomic mass is 32.1. The molecule has 8 heterocycles. The fraction of sp³-hybridized carbons (Fsp3) is 0.706. The number of aromatic amines is 4. The smallest absolute Gasteiger partial charge is 0.330 e. The van der Waals surface area contributed by atoms with Gasteiger partial charge in [-0.15, -0.1) is 52.7 Å². The molecule has 36 heteroatoms. The number of nitrogens with one attached hydrogen (secondary N) is 8. The van der Waals surface area contributed by atoms with Gasteiger partial charge >= 0.3 is 11.4 Å². The third kappa shape index (κ3) is 27.3. The number of aromatic nitrogens is 8. The molecule has 0 bridgehead atoms. The molecule has 4 fully saturated rings. The molecule has 0 saturated carbocycles. The molecule has 0 spiro atoms. The average molecular weight is 1580 g/mol. The molecule has 4 aliphatic rings. The first-order valence-corrected chi connectivity index (χ1v) is 48.5. The molecule has 4 aromatic rings. The molecule has 16 N–H and O–H groups in total. The van der Waals surface area contributed by atoms with Crippen LogP contribution in [-0.4, -0.2) is 282 Å². The van der Waals surface area contributed by atoms with Crippen LogP contribution >= 0.6 is 52.0 Å². The molecule has 592 valence electrons. The van der Waals surface area contributed by atoms with Crippen LogP contribution in [0.3, 0.4) is 0 Å². The number of aliphatic hydroxyl groups excluding tert-OH is 8. The summed E-state index contributed by atoms with van der Waals surface area (Å²) in [6, 6.07) is 0. The van der Waals surface area contributed by atoms with Gasteiger partial charge in [0, 0.05) is 73.2 Å². The Morgan fingerprint density at radius 3 is 0.779 bits per heavy atom. The highest BCUT2D eigenvalue weighted by Gasteiger charge is 2.47. The van der Waals surface area contributed by atoms with Gasteiger partial charge in [0.15, 0.2) is 34.5 Å². The number of aliphatic hydroxyl groups is 8. The number of ether oxygens (including phenoxy) is 4. The number of rotatable bonds is 32. The molecule has 16 atom stereocenters. The molecular formula is C68H120N12O18P4S2. The third-order valence-electron chi connectivity index (χ3n) is 17.7. The van der Waals surface area contributed by atoms with E-state index in [1.54, 1.807) is 12.4 Å². The lowest BCUT2D eigenvalue weighted by Gasteiger charge is -2.20. The minimum Gasteiger partial charge on any atom is -0.388 e. The lowest BCUT2D eigenvalue weighted by Crippen LogP contribution is -2.39. The first-order valence-electron chi connectivity index (χ1n) is 35.5. The summed E-state index contributed by atoms with van der Waals surface area (Å²) in [6.45, 7) is 24.3. The standard InChI is InChI=1S/2C17H30N3O5P.2C17H30N3O4PS/c2*1-5-7-18-9-11-10-20(17(24)19-15(11)23)16-14(22)13(21)12(25-16)6-8-26(2,3)4;2*1-5-7-18-9-11-10-20(17(26)19-15(11)23)16-14(22)13(21)12(24-16)6-8-25(2,3)4/h2*10,12-14,16,18,21-22H,2,5-9H2,1,3-4H3,(H,19,23,24);2*10,12-14,16,18,21-22H,2,5-9H2,1,3-4H3,(H,19,23,26)/t4*12-,13-,14-,16-/m1111/s1. The van der Waals surface area contributed by atoms with Crippen LogP contribution in [0.5, 0.6) is 0 Å². The SMILES string of the molecule is C=P(C)(C)CC[C@H]1O[C@@H](n2cc(CNCCC)c(=O)[nH]c2=O)[C@H](O)[C@@H]1O.C=P(C)(C)CC[C@H]1O[C@@H](n2cc(CNCCC)c(=O)[nH]c2=O)[C@H](O)[C@@H]1O.C=P(C)(C)CC[C@H]1O[C@@H](n2cc(CNCCC)c(=O)[nH]c2=S)[C@H](O)[C@@H]1O.C=P(C)(C)CC[C@H]1O[C@@H](n2cc(CNCCC)c(=O)[nH]c2=S)[C@H](O)[C@@H]1O. The molecule has 0 aliphatic carbocycles. The van der Waals surface area contributed by atoms with Gasteiger partial charge in [-0.3, -0.25) is 57.4 Å². The Hall–Kier alpha value is -3.88. The number of hydrogen-bond acceptors (Lipinski definition) is 24. The fourth-order valence-electron chi connectivity index (χ4n) is 11.7. The summed E-state index contributed by atoms with van der Waals surface area (Å²) < 4.78 is 29.1. The Morgan fingerprint density at radius 2 is 0.567 bits per heavy atom. The zero-order chi connectivity index (χ0) is 77.9. The summed E-state index contributed by atoms with van der Waals surface area (Å²) in [5.41, 5.74) is -1.05. The van der Waals surface area contributed by atoms with Crippen LogP contribution < -0.4 is 54.9 Å². The van der Waals surface area contributed by atoms with E-state index in [0.29, 0.717) is 74.1 Å². The fourth-order valence-corrected chi connectivity index (χ4v) is 16.0. The molecule has 0 amide bonds. The van der Waals surface area contributed by atoms with E-state index in [9.17, 15) is 69.6 Å². The molecule has 30 nitrogen and oxygen atoms in total. The van der Waals surface area contributed by atoms with E-state index in [1.807, 2.05) is 27.7 Å². The van der Waals surface area contributed by atoms with Gasteiger partial charge in [-0.25, -0.2) is 9.59 Å². The number of H-pyrrole nitrogens is 4. The van der Waals surface area contributed by atoms with Crippen molar-refractivity contribution in [2.75, 3.05) is 104 Å². The minimum absolute atomic E-state index is 0.163. The van der Waals surface area contributed by atoms with Gasteiger partial charge < -0.3 is 81.1 Å². The highest BCUT2D eigenvalue weighted by Crippen LogP contribution is 2.43. The van der Waals surface area contributed by atoms with Crippen molar-refractivity contribution in [2.45, 2.75) is 203 Å². The maximum atomic E-state index is 12.2. The van der Waals surface area contributed by atoms with Gasteiger partial charge in [0.1, 0.15) is 48.8 Å². The largest absolute Gasteiger partial charge is 0.388 e. The van der Waals surface area contributed by atoms with Gasteiger partial charge in [-0.1, -0.05) is 27.7 Å². The Kier molecular flexibility index (Phi) is 36.0. The van der Waals surface area contributed by atoms with E-state index < -0.39 is 148 Å². The summed E-state index contributed by atoms with van der Waals surface area (Å²) in [5, 5.41) is 95.5. The van der Waals surface area contributed by atoms with E-state index in [1.165, 1.54) is 21.5 Å². The molecule has 4 saturated heterocycles. The maximum absolute atomic E-state index is 12.2. The molecule has 0 radical (unpaired) electrons. The summed E-state index contributed by atoms with van der Waals surface area (Å²) in [6.07, 6.45) is 17.3. The van der Waals surface area contributed by atoms with Crippen molar-refractivity contribution < 1.29 is 59.8 Å². The Labute approximate surface area is 619 Å². The van der Waals surface area contributed by atoms with E-state index in [-0.39, 0.29) is 20.7 Å². The maximum Gasteiger partial charge on any atom is 0.330 e. The molecule has 4 aromatic heterocycles. The molecule has 0 unspecified atom stereocenters. The van der Waals surface area contributed by atoms with Crippen molar-refractivity contribution in [1.29, 1.82) is 0 Å². The summed E-state index contributed by atoms with van der Waals surface area (Å²) in [5.74, 6) is 0. The predicted octanol–water partition coefficient (Wildman–Crippen LogP) is 1.76. The molecule has 4 aliphatic heterocycles. The lowest BCUT2D eigenvalue weighted by atomic mass is 10.1. The zero-order valence-corrected chi connectivity index (χ0v) is 67.8. The third-order valence-corrected chi connectivity index (χ3v) is 24.2. The minimum atomic E-state index is -1.29. The molecule has 0 aromatic carbocycles. The quantitative estimate of drug-likeness (QED) is 0.0188. The van der Waals surface area contributed by atoms with Gasteiger partial charge in [0.25, 0.3) is 22.2 Å². The van der Waals surface area contributed by atoms with E-state index in [0.717, 1.165) is 85.6 Å². The van der Waals surface area contributed by atoms with Gasteiger partial charge in [-0.05, 0) is 180 Å². The second-order valence-corrected chi connectivity index (χ2v) is 48.0. The van der Waals surface area contributed by atoms with E-state index >= 15 is 0 Å². The van der Waals surface area contributed by atoms with Crippen LogP contribution in [0.4, 0.5) is 0 Å². The lowest BCUT2D eigenvalue weighted by molar-refractivity contribution is -0.0404. The summed E-state index contributed by atoms with van der Waals surface area (Å²) >= 11 is 10.5. The molecule has 8 rings (SSSR count). The van der Waals surface area contributed by atoms with Crippen LogP contribution in [0.25, 0.3) is 0 Å². The van der Waals surface area contributed by atoms with E-state index in [4.69, 9.17) is 43.4 Å². The normalized spacial score (nSPS) is 26.3. The van der Waals surface area contributed by atoms with Crippen LogP contribution in [0.1, 0.15) is 126 Å². The second-order valence-electron chi connectivity index (χ2n) is 30.0. The molecule has 104 heavy (non-hydrogen) atoms. The Balaban J connectivity index is 0.000000249. The average Bonchev–Trinajstić information content (AvgIpc) is 1.61. The summed E-state index contributed by atoms with van der Waals surface area (Å²) in [7, 11) is 0. The monoisotopic (exact) mass is 1580 g/mol. The first-order chi connectivity index (χ1) is 48.5.